The van der Waals surface area contributed by atoms with Crippen molar-refractivity contribution in [1.29, 1.82) is 0 Å². The summed E-state index contributed by atoms with van der Waals surface area (Å²) in [4.78, 5) is 75.5. The van der Waals surface area contributed by atoms with E-state index in [2.05, 4.69) is 30.3 Å². The predicted octanol–water partition coefficient (Wildman–Crippen LogP) is 3.33. The van der Waals surface area contributed by atoms with E-state index in [1.165, 1.54) is 23.3 Å². The van der Waals surface area contributed by atoms with Crippen LogP contribution in [0.4, 0.5) is 20.4 Å². The van der Waals surface area contributed by atoms with Crippen LogP contribution in [-0.2, 0) is 53.7 Å². The van der Waals surface area contributed by atoms with Crippen LogP contribution in [0.15, 0.2) is 47.0 Å². The highest BCUT2D eigenvalue weighted by Crippen LogP contribution is 2.33. The fraction of sp³-hybridized carbons (Fsp3) is 0.533. The molecule has 3 heterocycles. The summed E-state index contributed by atoms with van der Waals surface area (Å²) in [5.74, 6) is -5.98. The van der Waals surface area contributed by atoms with E-state index in [9.17, 15) is 37.7 Å². The van der Waals surface area contributed by atoms with Crippen LogP contribution in [-0.4, -0.2) is 144 Å². The molecule has 4 amide bonds. The minimum atomic E-state index is -3.34. The molecule has 0 saturated carbocycles. The van der Waals surface area contributed by atoms with Gasteiger partial charge in [0.1, 0.15) is 41.1 Å². The Balaban J connectivity index is 1.24. The molecule has 4 atom stereocenters. The highest BCUT2D eigenvalue weighted by atomic mass is 32.2. The molecule has 1 saturated heterocycles. The van der Waals surface area contributed by atoms with Crippen LogP contribution < -0.4 is 31.2 Å². The zero-order valence-electron chi connectivity index (χ0n) is 38.3. The van der Waals surface area contributed by atoms with Crippen molar-refractivity contribution in [1.82, 2.24) is 25.5 Å². The Bertz CT molecular complexity index is 2370. The van der Waals surface area contributed by atoms with E-state index in [0.29, 0.717) is 62.6 Å². The van der Waals surface area contributed by atoms with Crippen LogP contribution in [0, 0.1) is 17.6 Å². The van der Waals surface area contributed by atoms with Gasteiger partial charge < -0.3 is 55.4 Å². The zero-order chi connectivity index (χ0) is 49.2. The molecule has 1 aromatic heterocycles. The first-order valence-corrected chi connectivity index (χ1v) is 24.4. The number of hydrogen-bond acceptors (Lipinski definition) is 15. The van der Waals surface area contributed by atoms with Crippen molar-refractivity contribution in [3.8, 4) is 22.8 Å². The monoisotopic (exact) mass is 974 g/mol. The Hall–Kier alpha value is -5.88. The normalized spacial score (nSPS) is 16.6. The number of ether oxygens (including phenoxy) is 5. The van der Waals surface area contributed by atoms with E-state index in [0.717, 1.165) is 12.3 Å². The van der Waals surface area contributed by atoms with Crippen molar-refractivity contribution < 1.29 is 65.8 Å². The number of nitrogens with two attached hydrogens (primary N) is 1. The number of amides is 4. The van der Waals surface area contributed by atoms with Gasteiger partial charge >= 0.3 is 5.97 Å². The molecule has 0 radical (unpaired) electrons. The molecule has 1 fully saturated rings. The molecular weight excluding hydrogens is 915 g/mol. The first-order chi connectivity index (χ1) is 32.5. The molecule has 5 rings (SSSR count). The first kappa shape index (κ1) is 53.1. The van der Waals surface area contributed by atoms with E-state index in [1.54, 1.807) is 32.0 Å². The molecule has 6 N–H and O–H groups in total. The maximum Gasteiger partial charge on any atom is 0.305 e. The Morgan fingerprint density at radius 1 is 0.971 bits per heavy atom. The van der Waals surface area contributed by atoms with E-state index in [4.69, 9.17) is 29.4 Å². The molecule has 4 bridgehead atoms. The smallest absolute Gasteiger partial charge is 0.305 e. The summed E-state index contributed by atoms with van der Waals surface area (Å²) in [6, 6.07) is 4.77. The number of hydrogen-bond donors (Lipinski definition) is 5. The second kappa shape index (κ2) is 26.0. The summed E-state index contributed by atoms with van der Waals surface area (Å²) < 4.78 is 75.3. The molecule has 0 aliphatic carbocycles. The highest BCUT2D eigenvalue weighted by molar-refractivity contribution is 7.92. The average molecular weight is 975 g/mol. The minimum Gasteiger partial charge on any atom is -0.494 e. The van der Waals surface area contributed by atoms with Gasteiger partial charge in [0.15, 0.2) is 5.82 Å². The van der Waals surface area contributed by atoms with Gasteiger partial charge in [0, 0.05) is 49.1 Å². The lowest BCUT2D eigenvalue weighted by atomic mass is 10.0. The van der Waals surface area contributed by atoms with Gasteiger partial charge in [0.25, 0.3) is 5.91 Å². The molecule has 23 heteroatoms. The summed E-state index contributed by atoms with van der Waals surface area (Å²) >= 11 is 0. The molecule has 0 unspecified atom stereocenters. The highest BCUT2D eigenvalue weighted by Gasteiger charge is 2.40. The number of rotatable bonds is 21. The van der Waals surface area contributed by atoms with Gasteiger partial charge in [-0.2, -0.15) is 4.36 Å². The number of fused-ring (bicyclic) bond motifs is 6. The van der Waals surface area contributed by atoms with E-state index >= 15 is 4.39 Å². The Kier molecular flexibility index (Phi) is 20.3. The number of anilines is 2. The van der Waals surface area contributed by atoms with Crippen molar-refractivity contribution in [2.24, 2.45) is 16.0 Å². The Morgan fingerprint density at radius 2 is 1.68 bits per heavy atom. The maximum atomic E-state index is 15.1. The van der Waals surface area contributed by atoms with Crippen molar-refractivity contribution in [2.45, 2.75) is 76.3 Å². The molecule has 0 spiro atoms. The fourth-order valence-electron chi connectivity index (χ4n) is 7.32. The third kappa shape index (κ3) is 16.4. The van der Waals surface area contributed by atoms with Crippen molar-refractivity contribution in [3.63, 3.8) is 0 Å². The molecule has 372 valence electrons. The van der Waals surface area contributed by atoms with Gasteiger partial charge in [-0.15, -0.1) is 0 Å². The molecule has 2 aromatic carbocycles. The maximum absolute atomic E-state index is 15.1. The second-order valence-electron chi connectivity index (χ2n) is 16.5. The fourth-order valence-corrected chi connectivity index (χ4v) is 8.66. The molecule has 3 aromatic rings. The van der Waals surface area contributed by atoms with Gasteiger partial charge in [0.2, 0.25) is 23.7 Å². The molecular formula is C45H60F2N8O12S. The number of nitrogens with zero attached hydrogens (tertiary/aromatic N) is 4. The van der Waals surface area contributed by atoms with Gasteiger partial charge in [0.05, 0.1) is 81.0 Å². The van der Waals surface area contributed by atoms with Crippen LogP contribution in [0.1, 0.15) is 57.9 Å². The van der Waals surface area contributed by atoms with Gasteiger partial charge in [-0.1, -0.05) is 13.8 Å². The number of carbonyl (C=O) groups is 5. The summed E-state index contributed by atoms with van der Waals surface area (Å²) in [6.45, 7) is 5.82. The average Bonchev–Trinajstić information content (AvgIpc) is 3.77. The lowest BCUT2D eigenvalue weighted by molar-refractivity contribution is -0.146. The SMILES string of the molecule is CC(C)[C@H](NC(=O)[C@@H]1CCCN1C(=O)[C@H](CC(=O)O)NC(=O)CCOCCOCCOCCN)C(=O)N=[S@](C)(=O)Cc1cc2cc(c1)OCCCCOc1cc(F)ccc1-c1nc(ncc1F)N2. The number of likely N-dealkylation sites (tertiary alicyclic amines) is 1. The standard InChI is InChI=1S/C45H60F2N8O12S/c1-28(2)40(52-42(59)36-7-6-12-55(36)44(61)35(25-39(57)58)51-38(56)10-15-63-17-19-65-20-18-64-16-11-48)43(60)54-68(3,62)27-29-21-31-24-32(22-29)66-13-4-5-14-67-37-23-30(46)8-9-33(37)41-34(47)26-49-45(50-31)53-41/h8-9,21-24,26,28,35-36,40H,4-7,10-20,25,27,48H2,1-3H3,(H,51,56)(H,52,59)(H,57,58)(H,49,50,53)/t35-,36-,40-,68+/m0/s1. The number of halogens is 2. The minimum absolute atomic E-state index is 0.0208. The summed E-state index contributed by atoms with van der Waals surface area (Å²) in [6.07, 6.45) is 2.97. The zero-order valence-corrected chi connectivity index (χ0v) is 39.2. The first-order valence-electron chi connectivity index (χ1n) is 22.3. The van der Waals surface area contributed by atoms with Crippen LogP contribution in [0.2, 0.25) is 0 Å². The van der Waals surface area contributed by atoms with Crippen LogP contribution in [0.25, 0.3) is 11.3 Å². The lowest BCUT2D eigenvalue weighted by Crippen LogP contribution is -2.56. The third-order valence-corrected chi connectivity index (χ3v) is 11.9. The van der Waals surface area contributed by atoms with Crippen LogP contribution in [0.5, 0.6) is 11.5 Å². The number of benzene rings is 2. The summed E-state index contributed by atoms with van der Waals surface area (Å²) in [5, 5.41) is 17.7. The molecule has 2 aliphatic rings. The number of nitrogens with one attached hydrogen (secondary N) is 3. The third-order valence-electron chi connectivity index (χ3n) is 10.5. The Morgan fingerprint density at radius 3 is 2.38 bits per heavy atom. The number of carbonyl (C=O) groups excluding carboxylic acids is 4. The Labute approximate surface area is 393 Å². The van der Waals surface area contributed by atoms with Gasteiger partial charge in [-0.25, -0.2) is 23.0 Å². The number of carboxylic acid groups (broad SMARTS) is 1. The van der Waals surface area contributed by atoms with E-state index < -0.39 is 81.4 Å². The predicted molar refractivity (Wildman–Crippen MR) is 244 cm³/mol. The molecule has 68 heavy (non-hydrogen) atoms. The molecule has 20 nitrogen and oxygen atoms in total. The largest absolute Gasteiger partial charge is 0.494 e. The van der Waals surface area contributed by atoms with Crippen LogP contribution >= 0.6 is 0 Å². The van der Waals surface area contributed by atoms with Gasteiger partial charge in [-0.3, -0.25) is 24.0 Å². The van der Waals surface area contributed by atoms with Crippen LogP contribution in [0.3, 0.4) is 0 Å². The quantitative estimate of drug-likeness (QED) is 0.0958. The topological polar surface area (TPSA) is 272 Å². The second-order valence-corrected chi connectivity index (χ2v) is 18.9. The summed E-state index contributed by atoms with van der Waals surface area (Å²) in [5.41, 5.74) is 6.27. The number of carboxylic acids is 1. The number of aliphatic carboxylic acids is 1. The molecule has 2 aliphatic heterocycles. The van der Waals surface area contributed by atoms with E-state index in [-0.39, 0.29) is 81.1 Å². The van der Waals surface area contributed by atoms with E-state index in [1.807, 2.05) is 0 Å². The van der Waals surface area contributed by atoms with Crippen molar-refractivity contribution in [3.05, 3.63) is 59.8 Å². The van der Waals surface area contributed by atoms with Crippen molar-refractivity contribution in [2.75, 3.05) is 77.5 Å². The lowest BCUT2D eigenvalue weighted by Gasteiger charge is -2.29. The van der Waals surface area contributed by atoms with Gasteiger partial charge in [-0.05, 0) is 61.4 Å². The van der Waals surface area contributed by atoms with Crippen molar-refractivity contribution >= 4 is 51.0 Å². The summed E-state index contributed by atoms with van der Waals surface area (Å²) in [7, 11) is -3.34. The number of aromatic nitrogens is 2.